The minimum atomic E-state index is -0.959. The summed E-state index contributed by atoms with van der Waals surface area (Å²) < 4.78 is 0. The Balaban J connectivity index is 1.73. The van der Waals surface area contributed by atoms with Crippen molar-refractivity contribution in [1.82, 2.24) is 0 Å². The van der Waals surface area contributed by atoms with Crippen LogP contribution in [0.4, 0.5) is 0 Å². The maximum atomic E-state index is 11.2. The van der Waals surface area contributed by atoms with E-state index in [1.165, 1.54) is 11.1 Å². The molecule has 0 aromatic heterocycles. The second kappa shape index (κ2) is 5.48. The average Bonchev–Trinajstić information content (AvgIpc) is 2.88. The summed E-state index contributed by atoms with van der Waals surface area (Å²) >= 11 is 0. The van der Waals surface area contributed by atoms with Gasteiger partial charge >= 0.3 is 0 Å². The monoisotopic (exact) mass is 326 g/mol. The maximum Gasteiger partial charge on any atom is 0.131 e. The Morgan fingerprint density at radius 3 is 2.83 bits per heavy atom. The molecule has 0 saturated heterocycles. The molecule has 0 spiro atoms. The van der Waals surface area contributed by atoms with Gasteiger partial charge in [-0.15, -0.1) is 6.42 Å². The second-order valence-electron chi connectivity index (χ2n) is 8.72. The van der Waals surface area contributed by atoms with E-state index < -0.39 is 5.60 Å². The van der Waals surface area contributed by atoms with Crippen LogP contribution in [0.2, 0.25) is 0 Å². The van der Waals surface area contributed by atoms with Crippen LogP contribution in [0.5, 0.6) is 0 Å². The van der Waals surface area contributed by atoms with Gasteiger partial charge in [0.1, 0.15) is 5.60 Å². The first-order valence-corrected chi connectivity index (χ1v) is 9.72. The molecule has 0 radical (unpaired) electrons. The standard InChI is InChI=1S/C22H30O2/c1-4-21-13-14(3)20-17-9-7-16(23)12-15(17)6-8-18(20)19(21)10-11-22(21,24)5-2/h2,12,16-20,23-24H,3-4,6-11,13H2,1H3/t16?,17-,18-,19?,20?,21-,22?/m0/s1. The average molecular weight is 326 g/mol. The highest BCUT2D eigenvalue weighted by atomic mass is 16.3. The molecule has 0 heterocycles. The molecule has 0 bridgehead atoms. The lowest BCUT2D eigenvalue weighted by Crippen LogP contribution is -2.54. The molecular formula is C22H30O2. The van der Waals surface area contributed by atoms with Crippen LogP contribution in [0.15, 0.2) is 23.8 Å². The molecule has 0 aromatic carbocycles. The number of hydrogen-bond donors (Lipinski definition) is 2. The van der Waals surface area contributed by atoms with Crippen LogP contribution in [0.3, 0.4) is 0 Å². The highest BCUT2D eigenvalue weighted by Crippen LogP contribution is 2.67. The van der Waals surface area contributed by atoms with Gasteiger partial charge in [-0.1, -0.05) is 36.6 Å². The van der Waals surface area contributed by atoms with Crippen LogP contribution in [0.1, 0.15) is 58.3 Å². The molecular weight excluding hydrogens is 296 g/mol. The molecule has 24 heavy (non-hydrogen) atoms. The highest BCUT2D eigenvalue weighted by molar-refractivity contribution is 5.32. The number of aliphatic hydroxyl groups excluding tert-OH is 1. The van der Waals surface area contributed by atoms with Crippen LogP contribution in [-0.4, -0.2) is 21.9 Å². The van der Waals surface area contributed by atoms with Crippen molar-refractivity contribution in [1.29, 1.82) is 0 Å². The molecule has 4 aliphatic carbocycles. The third-order valence-electron chi connectivity index (χ3n) is 8.07. The lowest BCUT2D eigenvalue weighted by atomic mass is 9.48. The Labute approximate surface area is 146 Å². The molecule has 0 amide bonds. The summed E-state index contributed by atoms with van der Waals surface area (Å²) in [5.74, 6) is 5.00. The SMILES string of the molecule is C#CC1(O)CCC2[C@@H]3CCC4=CC(O)CC[C@@H]4C3C(=C)C[C@@]21CC. The lowest BCUT2D eigenvalue weighted by molar-refractivity contribution is -0.0794. The summed E-state index contributed by atoms with van der Waals surface area (Å²) in [5, 5.41) is 21.2. The lowest BCUT2D eigenvalue weighted by Gasteiger charge is -2.57. The smallest absolute Gasteiger partial charge is 0.131 e. The third-order valence-corrected chi connectivity index (χ3v) is 8.07. The van der Waals surface area contributed by atoms with Gasteiger partial charge in [0.15, 0.2) is 0 Å². The Kier molecular flexibility index (Phi) is 3.75. The summed E-state index contributed by atoms with van der Waals surface area (Å²) in [6, 6.07) is 0. The van der Waals surface area contributed by atoms with Gasteiger partial charge in [-0.25, -0.2) is 0 Å². The number of terminal acetylenes is 1. The zero-order chi connectivity index (χ0) is 17.1. The van der Waals surface area contributed by atoms with Crippen molar-refractivity contribution in [3.05, 3.63) is 23.8 Å². The van der Waals surface area contributed by atoms with Crippen LogP contribution in [0.25, 0.3) is 0 Å². The Morgan fingerprint density at radius 2 is 2.12 bits per heavy atom. The van der Waals surface area contributed by atoms with Gasteiger partial charge in [0.2, 0.25) is 0 Å². The Morgan fingerprint density at radius 1 is 1.33 bits per heavy atom. The zero-order valence-electron chi connectivity index (χ0n) is 14.8. The van der Waals surface area contributed by atoms with Crippen molar-refractivity contribution in [2.75, 3.05) is 0 Å². The first-order valence-electron chi connectivity index (χ1n) is 9.72. The molecule has 4 aliphatic rings. The molecule has 3 fully saturated rings. The molecule has 130 valence electrons. The van der Waals surface area contributed by atoms with E-state index in [1.54, 1.807) is 0 Å². The normalized spacial score (nSPS) is 50.3. The molecule has 2 N–H and O–H groups in total. The summed E-state index contributed by atoms with van der Waals surface area (Å²) in [7, 11) is 0. The van der Waals surface area contributed by atoms with Crippen LogP contribution >= 0.6 is 0 Å². The third kappa shape index (κ3) is 1.98. The molecule has 4 rings (SSSR count). The molecule has 4 unspecified atom stereocenters. The molecule has 0 aliphatic heterocycles. The van der Waals surface area contributed by atoms with Crippen molar-refractivity contribution in [2.24, 2.45) is 29.1 Å². The van der Waals surface area contributed by atoms with Crippen LogP contribution < -0.4 is 0 Å². The molecule has 3 saturated carbocycles. The number of rotatable bonds is 1. The molecule has 2 heteroatoms. The predicted octanol–water partition coefficient (Wildman–Crippen LogP) is 3.84. The van der Waals surface area contributed by atoms with Gasteiger partial charge in [0.05, 0.1) is 6.10 Å². The van der Waals surface area contributed by atoms with E-state index in [2.05, 4.69) is 25.5 Å². The van der Waals surface area contributed by atoms with Crippen molar-refractivity contribution < 1.29 is 10.2 Å². The van der Waals surface area contributed by atoms with Gasteiger partial charge in [-0.05, 0) is 75.0 Å². The first kappa shape index (κ1) is 16.4. The predicted molar refractivity (Wildman–Crippen MR) is 96.0 cm³/mol. The van der Waals surface area contributed by atoms with Gasteiger partial charge in [0, 0.05) is 5.41 Å². The van der Waals surface area contributed by atoms with Gasteiger partial charge in [-0.3, -0.25) is 0 Å². The zero-order valence-corrected chi connectivity index (χ0v) is 14.8. The summed E-state index contributed by atoms with van der Waals surface area (Å²) in [5.41, 5.74) is 1.64. The maximum absolute atomic E-state index is 11.2. The first-order chi connectivity index (χ1) is 11.5. The number of fused-ring (bicyclic) bond motifs is 5. The van der Waals surface area contributed by atoms with E-state index in [9.17, 15) is 10.2 Å². The molecule has 2 nitrogen and oxygen atoms in total. The van der Waals surface area contributed by atoms with E-state index in [0.29, 0.717) is 23.7 Å². The van der Waals surface area contributed by atoms with Crippen molar-refractivity contribution in [3.63, 3.8) is 0 Å². The fourth-order valence-electron chi connectivity index (χ4n) is 7.03. The quantitative estimate of drug-likeness (QED) is 0.568. The minimum absolute atomic E-state index is 0.171. The van der Waals surface area contributed by atoms with Crippen LogP contribution in [0, 0.1) is 41.4 Å². The largest absolute Gasteiger partial charge is 0.389 e. The van der Waals surface area contributed by atoms with Crippen LogP contribution in [-0.2, 0) is 0 Å². The molecule has 7 atom stereocenters. The molecule has 0 aromatic rings. The minimum Gasteiger partial charge on any atom is -0.389 e. The van der Waals surface area contributed by atoms with E-state index in [4.69, 9.17) is 6.42 Å². The van der Waals surface area contributed by atoms with Gasteiger partial charge < -0.3 is 10.2 Å². The van der Waals surface area contributed by atoms with Gasteiger partial charge in [-0.2, -0.15) is 0 Å². The Hall–Kier alpha value is -1.04. The van der Waals surface area contributed by atoms with Crippen molar-refractivity contribution in [3.8, 4) is 12.3 Å². The van der Waals surface area contributed by atoms with E-state index in [-0.39, 0.29) is 11.5 Å². The fourth-order valence-corrected chi connectivity index (χ4v) is 7.03. The van der Waals surface area contributed by atoms with E-state index in [1.807, 2.05) is 0 Å². The summed E-state index contributed by atoms with van der Waals surface area (Å²) in [4.78, 5) is 0. The summed E-state index contributed by atoms with van der Waals surface area (Å²) in [6.45, 7) is 6.69. The number of aliphatic hydroxyl groups is 2. The van der Waals surface area contributed by atoms with Gasteiger partial charge in [0.25, 0.3) is 0 Å². The fraction of sp³-hybridized carbons (Fsp3) is 0.727. The van der Waals surface area contributed by atoms with Crippen molar-refractivity contribution in [2.45, 2.75) is 70.0 Å². The van der Waals surface area contributed by atoms with E-state index in [0.717, 1.165) is 51.4 Å². The summed E-state index contributed by atoms with van der Waals surface area (Å²) in [6.07, 6.45) is 15.5. The Bertz CT molecular complexity index is 626. The number of allylic oxidation sites excluding steroid dienone is 2. The number of hydrogen-bond acceptors (Lipinski definition) is 2. The highest BCUT2D eigenvalue weighted by Gasteiger charge is 2.64. The van der Waals surface area contributed by atoms with E-state index >= 15 is 0 Å². The topological polar surface area (TPSA) is 40.5 Å². The second-order valence-corrected chi connectivity index (χ2v) is 8.72. The van der Waals surface area contributed by atoms with Crippen molar-refractivity contribution >= 4 is 0 Å².